The smallest absolute Gasteiger partial charge is 0.145 e. The number of hydrogen-bond acceptors (Lipinski definition) is 3. The van der Waals surface area contributed by atoms with Crippen molar-refractivity contribution in [1.29, 1.82) is 0 Å². The standard InChI is InChI=1S/C14H18N2O/c1-14(2,3)11-7-12(17-4)13(16-9-11)10-5-6-15-8-10/h5,7-9H,6H2,1-4H3. The average Bonchev–Trinajstić information content (AvgIpc) is 2.80. The molecule has 1 aromatic heterocycles. The van der Waals surface area contributed by atoms with E-state index in [9.17, 15) is 0 Å². The molecule has 90 valence electrons. The highest BCUT2D eigenvalue weighted by atomic mass is 16.5. The first-order chi connectivity index (χ1) is 8.02. The first-order valence-electron chi connectivity index (χ1n) is 5.77. The maximum atomic E-state index is 5.43. The fraction of sp³-hybridized carbons (Fsp3) is 0.429. The van der Waals surface area contributed by atoms with E-state index in [-0.39, 0.29) is 5.41 Å². The van der Waals surface area contributed by atoms with Gasteiger partial charge in [-0.1, -0.05) is 26.8 Å². The van der Waals surface area contributed by atoms with Crippen molar-refractivity contribution in [3.8, 4) is 5.75 Å². The number of rotatable bonds is 2. The molecule has 1 aliphatic heterocycles. The Morgan fingerprint density at radius 3 is 2.59 bits per heavy atom. The molecule has 0 bridgehead atoms. The van der Waals surface area contributed by atoms with Gasteiger partial charge in [-0.25, -0.2) is 0 Å². The number of ether oxygens (including phenoxy) is 1. The minimum atomic E-state index is 0.0803. The van der Waals surface area contributed by atoms with E-state index in [4.69, 9.17) is 4.74 Å². The SMILES string of the molecule is COc1cc(C(C)(C)C)cnc1C1=CCN=C1. The van der Waals surface area contributed by atoms with E-state index < -0.39 is 0 Å². The zero-order chi connectivity index (χ0) is 12.5. The third-order valence-corrected chi connectivity index (χ3v) is 2.86. The van der Waals surface area contributed by atoms with Crippen LogP contribution in [0.15, 0.2) is 23.3 Å². The summed E-state index contributed by atoms with van der Waals surface area (Å²) in [6.45, 7) is 7.24. The summed E-state index contributed by atoms with van der Waals surface area (Å²) in [4.78, 5) is 8.69. The number of allylic oxidation sites excluding steroid dienone is 1. The van der Waals surface area contributed by atoms with Gasteiger partial charge in [-0.15, -0.1) is 0 Å². The Bertz CT molecular complexity index is 481. The summed E-state index contributed by atoms with van der Waals surface area (Å²) in [5.74, 6) is 0.817. The number of hydrogen-bond donors (Lipinski definition) is 0. The molecule has 0 aromatic carbocycles. The molecular weight excluding hydrogens is 212 g/mol. The molecule has 0 fully saturated rings. The summed E-state index contributed by atoms with van der Waals surface area (Å²) < 4.78 is 5.43. The molecule has 0 amide bonds. The molecule has 0 N–H and O–H groups in total. The largest absolute Gasteiger partial charge is 0.494 e. The first-order valence-corrected chi connectivity index (χ1v) is 5.77. The van der Waals surface area contributed by atoms with Crippen molar-refractivity contribution in [2.45, 2.75) is 26.2 Å². The molecular formula is C14H18N2O. The minimum absolute atomic E-state index is 0.0803. The number of nitrogens with zero attached hydrogens (tertiary/aromatic N) is 2. The van der Waals surface area contributed by atoms with Gasteiger partial charge in [0.1, 0.15) is 11.4 Å². The van der Waals surface area contributed by atoms with Crippen molar-refractivity contribution in [1.82, 2.24) is 4.98 Å². The molecule has 3 nitrogen and oxygen atoms in total. The molecule has 0 aliphatic carbocycles. The Hall–Kier alpha value is -1.64. The third-order valence-electron chi connectivity index (χ3n) is 2.86. The molecule has 1 aliphatic rings. The van der Waals surface area contributed by atoms with E-state index in [1.54, 1.807) is 7.11 Å². The number of pyridine rings is 1. The molecule has 17 heavy (non-hydrogen) atoms. The van der Waals surface area contributed by atoms with Gasteiger partial charge < -0.3 is 4.74 Å². The summed E-state index contributed by atoms with van der Waals surface area (Å²) in [5, 5.41) is 0. The van der Waals surface area contributed by atoms with Crippen LogP contribution in [0.25, 0.3) is 5.57 Å². The number of aliphatic imine (C=N–C) groups is 1. The topological polar surface area (TPSA) is 34.5 Å². The molecule has 0 radical (unpaired) electrons. The van der Waals surface area contributed by atoms with Crippen LogP contribution in [0.1, 0.15) is 32.0 Å². The van der Waals surface area contributed by atoms with Gasteiger partial charge in [0.25, 0.3) is 0 Å². The van der Waals surface area contributed by atoms with Crippen LogP contribution in [0.2, 0.25) is 0 Å². The summed E-state index contributed by atoms with van der Waals surface area (Å²) >= 11 is 0. The Labute approximate surface area is 102 Å². The quantitative estimate of drug-likeness (QED) is 0.783. The lowest BCUT2D eigenvalue weighted by Crippen LogP contribution is -2.12. The van der Waals surface area contributed by atoms with E-state index in [1.165, 1.54) is 5.56 Å². The number of aromatic nitrogens is 1. The molecule has 3 heteroatoms. The Kier molecular flexibility index (Phi) is 3.01. The van der Waals surface area contributed by atoms with E-state index in [0.717, 1.165) is 23.6 Å². The minimum Gasteiger partial charge on any atom is -0.494 e. The highest BCUT2D eigenvalue weighted by Gasteiger charge is 2.18. The van der Waals surface area contributed by atoms with Gasteiger partial charge in [0, 0.05) is 18.0 Å². The fourth-order valence-corrected chi connectivity index (χ4v) is 1.74. The van der Waals surface area contributed by atoms with E-state index in [2.05, 4.69) is 42.9 Å². The lowest BCUT2D eigenvalue weighted by Gasteiger charge is -2.20. The zero-order valence-corrected chi connectivity index (χ0v) is 10.8. The highest BCUT2D eigenvalue weighted by Crippen LogP contribution is 2.30. The van der Waals surface area contributed by atoms with Gasteiger partial charge >= 0.3 is 0 Å². The van der Waals surface area contributed by atoms with Gasteiger partial charge in [0.2, 0.25) is 0 Å². The molecule has 2 heterocycles. The van der Waals surface area contributed by atoms with Crippen LogP contribution in [-0.2, 0) is 5.41 Å². The van der Waals surface area contributed by atoms with Gasteiger partial charge in [-0.05, 0) is 17.0 Å². The lowest BCUT2D eigenvalue weighted by molar-refractivity contribution is 0.409. The summed E-state index contributed by atoms with van der Waals surface area (Å²) in [7, 11) is 1.68. The Morgan fingerprint density at radius 2 is 2.06 bits per heavy atom. The van der Waals surface area contributed by atoms with Crippen molar-refractivity contribution >= 4 is 11.8 Å². The van der Waals surface area contributed by atoms with Crippen LogP contribution in [0.5, 0.6) is 5.75 Å². The monoisotopic (exact) mass is 230 g/mol. The Balaban J connectivity index is 2.46. The molecule has 0 saturated heterocycles. The molecule has 0 unspecified atom stereocenters. The normalized spacial score (nSPS) is 14.9. The summed E-state index contributed by atoms with van der Waals surface area (Å²) in [6, 6.07) is 2.06. The van der Waals surface area contributed by atoms with E-state index in [1.807, 2.05) is 12.4 Å². The third kappa shape index (κ3) is 2.38. The van der Waals surface area contributed by atoms with Gasteiger partial charge in [0.05, 0.1) is 13.7 Å². The zero-order valence-electron chi connectivity index (χ0n) is 10.8. The van der Waals surface area contributed by atoms with Crippen molar-refractivity contribution in [3.05, 3.63) is 29.6 Å². The van der Waals surface area contributed by atoms with E-state index in [0.29, 0.717) is 0 Å². The second-order valence-corrected chi connectivity index (χ2v) is 5.18. The lowest BCUT2D eigenvalue weighted by atomic mass is 9.88. The predicted octanol–water partition coefficient (Wildman–Crippen LogP) is 2.86. The average molecular weight is 230 g/mol. The van der Waals surface area contributed by atoms with Crippen LogP contribution in [0, 0.1) is 0 Å². The second-order valence-electron chi connectivity index (χ2n) is 5.18. The maximum absolute atomic E-state index is 5.43. The fourth-order valence-electron chi connectivity index (χ4n) is 1.74. The highest BCUT2D eigenvalue weighted by molar-refractivity contribution is 6.11. The molecule has 0 spiro atoms. The van der Waals surface area contributed by atoms with Gasteiger partial charge in [-0.3, -0.25) is 9.98 Å². The van der Waals surface area contributed by atoms with E-state index >= 15 is 0 Å². The summed E-state index contributed by atoms with van der Waals surface area (Å²) in [5.41, 5.74) is 3.18. The molecule has 0 saturated carbocycles. The van der Waals surface area contributed by atoms with Gasteiger partial charge in [-0.2, -0.15) is 0 Å². The summed E-state index contributed by atoms with van der Waals surface area (Å²) in [6.07, 6.45) is 5.83. The molecule has 2 rings (SSSR count). The van der Waals surface area contributed by atoms with Crippen molar-refractivity contribution in [3.63, 3.8) is 0 Å². The van der Waals surface area contributed by atoms with Crippen LogP contribution in [0.4, 0.5) is 0 Å². The van der Waals surface area contributed by atoms with Gasteiger partial charge in [0.15, 0.2) is 0 Å². The van der Waals surface area contributed by atoms with Crippen LogP contribution < -0.4 is 4.74 Å². The number of methoxy groups -OCH3 is 1. The van der Waals surface area contributed by atoms with Crippen LogP contribution in [-0.4, -0.2) is 24.9 Å². The molecule has 0 atom stereocenters. The Morgan fingerprint density at radius 1 is 1.29 bits per heavy atom. The first kappa shape index (κ1) is 11.8. The predicted molar refractivity (Wildman–Crippen MR) is 70.8 cm³/mol. The van der Waals surface area contributed by atoms with Crippen LogP contribution >= 0.6 is 0 Å². The van der Waals surface area contributed by atoms with Crippen molar-refractivity contribution < 1.29 is 4.74 Å². The van der Waals surface area contributed by atoms with Crippen molar-refractivity contribution in [2.24, 2.45) is 4.99 Å². The maximum Gasteiger partial charge on any atom is 0.145 e. The van der Waals surface area contributed by atoms with Crippen LogP contribution in [0.3, 0.4) is 0 Å². The van der Waals surface area contributed by atoms with Crippen molar-refractivity contribution in [2.75, 3.05) is 13.7 Å². The molecule has 1 aromatic rings. The second kappa shape index (κ2) is 4.32.